The van der Waals surface area contributed by atoms with Gasteiger partial charge in [0.05, 0.1) is 0 Å². The molecule has 0 spiro atoms. The van der Waals surface area contributed by atoms with Crippen molar-refractivity contribution in [2.24, 2.45) is 5.73 Å². The van der Waals surface area contributed by atoms with Crippen molar-refractivity contribution in [3.63, 3.8) is 0 Å². The third kappa shape index (κ3) is 30.3. The molecule has 3 N–H and O–H groups in total. The van der Waals surface area contributed by atoms with Gasteiger partial charge in [-0.15, -0.1) is 0 Å². The van der Waals surface area contributed by atoms with E-state index >= 15 is 0 Å². The lowest BCUT2D eigenvalue weighted by Crippen LogP contribution is -2.06. The van der Waals surface area contributed by atoms with Crippen LogP contribution in [0.25, 0.3) is 0 Å². The van der Waals surface area contributed by atoms with E-state index in [9.17, 15) is 0 Å². The summed E-state index contributed by atoms with van der Waals surface area (Å²) in [7, 11) is 0. The average molecular weight is 340 g/mol. The summed E-state index contributed by atoms with van der Waals surface area (Å²) in [5.41, 5.74) is 5.37. The van der Waals surface area contributed by atoms with Crippen LogP contribution >= 0.6 is 0 Å². The maximum absolute atomic E-state index is 8.60. The molecule has 23 heavy (non-hydrogen) atoms. The number of nitrogens with two attached hydrogens (primary N) is 1. The molecular formula is C18H45NO4. The highest BCUT2D eigenvalue weighted by Crippen LogP contribution is 1.97. The fraction of sp³-hybridized carbons (Fsp3) is 1.00. The topological polar surface area (TPSA) is 73.9 Å². The Kier molecular flexibility index (Phi) is 39.7. The number of hydrogen-bond acceptors (Lipinski definition) is 5. The highest BCUT2D eigenvalue weighted by atomic mass is 16.5. The van der Waals surface area contributed by atoms with Gasteiger partial charge in [0.1, 0.15) is 0 Å². The summed E-state index contributed by atoms with van der Waals surface area (Å²) in [6.45, 7) is 5.73. The van der Waals surface area contributed by atoms with Crippen LogP contribution in [0.15, 0.2) is 0 Å². The average Bonchev–Trinajstić information content (AvgIpc) is 2.47. The molecule has 0 amide bonds. The van der Waals surface area contributed by atoms with Gasteiger partial charge in [-0.25, -0.2) is 0 Å². The van der Waals surface area contributed by atoms with Crippen LogP contribution in [0, 0.1) is 0 Å². The first-order valence-corrected chi connectivity index (χ1v) is 7.96. The van der Waals surface area contributed by atoms with E-state index in [4.69, 9.17) is 25.1 Å². The summed E-state index contributed by atoms with van der Waals surface area (Å²) in [6, 6.07) is 0. The maximum Gasteiger partial charge on any atom is 0.0478 e. The van der Waals surface area contributed by atoms with Gasteiger partial charge in [-0.3, -0.25) is 0 Å². The van der Waals surface area contributed by atoms with E-state index in [0.29, 0.717) is 6.54 Å². The zero-order valence-corrected chi connectivity index (χ0v) is 12.9. The van der Waals surface area contributed by atoms with E-state index in [1.807, 2.05) is 0 Å². The van der Waals surface area contributed by atoms with Gasteiger partial charge in [0.2, 0.25) is 0 Å². The van der Waals surface area contributed by atoms with Crippen molar-refractivity contribution >= 4 is 0 Å². The number of aliphatic hydroxyl groups is 1. The van der Waals surface area contributed by atoms with E-state index in [-0.39, 0.29) is 28.9 Å². The summed E-state index contributed by atoms with van der Waals surface area (Å²) in [6.07, 6.45) is 6.92. The van der Waals surface area contributed by atoms with E-state index in [2.05, 4.69) is 0 Å². The van der Waals surface area contributed by atoms with E-state index < -0.39 is 0 Å². The molecule has 146 valence electrons. The molecule has 0 aliphatic rings. The van der Waals surface area contributed by atoms with Gasteiger partial charge >= 0.3 is 0 Å². The minimum Gasteiger partial charge on any atom is -0.396 e. The minimum absolute atomic E-state index is 0. The van der Waals surface area contributed by atoms with Gasteiger partial charge in [-0.05, 0) is 51.5 Å². The summed E-state index contributed by atoms with van der Waals surface area (Å²) < 4.78 is 16.4. The van der Waals surface area contributed by atoms with Crippen LogP contribution < -0.4 is 5.73 Å². The molecule has 0 aromatic carbocycles. The van der Waals surface area contributed by atoms with Crippen molar-refractivity contribution in [2.75, 3.05) is 52.8 Å². The van der Waals surface area contributed by atoms with Gasteiger partial charge in [-0.2, -0.15) is 0 Å². The Hall–Kier alpha value is -0.200. The number of aliphatic hydroxyl groups excluding tert-OH is 1. The Morgan fingerprint density at radius 1 is 0.522 bits per heavy atom. The van der Waals surface area contributed by atoms with Crippen LogP contribution in [0.1, 0.15) is 67.2 Å². The van der Waals surface area contributed by atoms with E-state index in [1.54, 1.807) is 0 Å². The molecule has 0 saturated carbocycles. The first-order chi connectivity index (χ1) is 9.91. The minimum atomic E-state index is 0. The number of rotatable bonds is 17. The van der Waals surface area contributed by atoms with Crippen molar-refractivity contribution in [3.8, 4) is 0 Å². The predicted octanol–water partition coefficient (Wildman–Crippen LogP) is 3.63. The molecule has 0 aliphatic carbocycles. The fourth-order valence-corrected chi connectivity index (χ4v) is 1.62. The Bertz CT molecular complexity index is 153. The first-order valence-electron chi connectivity index (χ1n) is 7.96. The Morgan fingerprint density at radius 3 is 1.13 bits per heavy atom. The highest BCUT2D eigenvalue weighted by Gasteiger charge is 1.93. The quantitative estimate of drug-likeness (QED) is 0.396. The maximum atomic E-state index is 8.60. The summed E-state index contributed by atoms with van der Waals surface area (Å²) in [5.74, 6) is 0. The van der Waals surface area contributed by atoms with Gasteiger partial charge in [0.15, 0.2) is 0 Å². The Labute approximate surface area is 145 Å². The second-order valence-corrected chi connectivity index (χ2v) is 4.82. The lowest BCUT2D eigenvalue weighted by atomic mass is 10.3. The molecule has 0 unspecified atom stereocenters. The number of hydrogen-bond donors (Lipinski definition) is 2. The number of unbranched alkanes of at least 4 members (excludes halogenated alkanes) is 3. The van der Waals surface area contributed by atoms with Crippen LogP contribution in [-0.2, 0) is 14.2 Å². The van der Waals surface area contributed by atoms with Gasteiger partial charge < -0.3 is 25.1 Å². The Morgan fingerprint density at radius 2 is 0.826 bits per heavy atom. The molecule has 0 saturated heterocycles. The second-order valence-electron chi connectivity index (χ2n) is 4.82. The molecule has 0 fully saturated rings. The molecule has 0 heterocycles. The smallest absolute Gasteiger partial charge is 0.0478 e. The summed E-state index contributed by atoms with van der Waals surface area (Å²) >= 11 is 0. The Balaban J connectivity index is -0.000000602. The number of ether oxygens (including phenoxy) is 3. The van der Waals surface area contributed by atoms with Crippen molar-refractivity contribution in [1.82, 2.24) is 0 Å². The molecular weight excluding hydrogens is 294 g/mol. The van der Waals surface area contributed by atoms with Crippen molar-refractivity contribution in [3.05, 3.63) is 0 Å². The molecule has 5 heteroatoms. The van der Waals surface area contributed by atoms with Crippen LogP contribution in [0.2, 0.25) is 0 Å². The molecule has 0 aromatic rings. The van der Waals surface area contributed by atoms with Gasteiger partial charge in [-0.1, -0.05) is 22.3 Å². The van der Waals surface area contributed by atoms with E-state index in [0.717, 1.165) is 84.6 Å². The van der Waals surface area contributed by atoms with E-state index in [1.165, 1.54) is 0 Å². The third-order valence-electron chi connectivity index (χ3n) is 2.84. The second kappa shape index (κ2) is 29.8. The lowest BCUT2D eigenvalue weighted by molar-refractivity contribution is 0.0888. The van der Waals surface area contributed by atoms with Gasteiger partial charge in [0.25, 0.3) is 0 Å². The molecule has 0 atom stereocenters. The zero-order chi connectivity index (χ0) is 14.7. The highest BCUT2D eigenvalue weighted by molar-refractivity contribution is 4.43. The van der Waals surface area contributed by atoms with Gasteiger partial charge in [0, 0.05) is 46.2 Å². The largest absolute Gasteiger partial charge is 0.396 e. The van der Waals surface area contributed by atoms with Crippen molar-refractivity contribution < 1.29 is 19.3 Å². The fourth-order valence-electron chi connectivity index (χ4n) is 1.62. The molecule has 0 rings (SSSR count). The standard InChI is InChI=1S/C15H33NO4.3CH4/c16-8-7-15-20-14-6-5-13-19-12-4-3-11-18-10-2-1-9-17;;;/h17H,1-16H2;3*1H4. The van der Waals surface area contributed by atoms with Crippen molar-refractivity contribution in [1.29, 1.82) is 0 Å². The molecule has 0 aromatic heterocycles. The summed E-state index contributed by atoms with van der Waals surface area (Å²) in [4.78, 5) is 0. The molecule has 0 aliphatic heterocycles. The monoisotopic (exact) mass is 339 g/mol. The van der Waals surface area contributed by atoms with Crippen LogP contribution in [0.5, 0.6) is 0 Å². The SMILES string of the molecule is C.C.C.NCCCOCCCCOCCCCOCCCCO. The zero-order valence-electron chi connectivity index (χ0n) is 12.9. The molecule has 0 bridgehead atoms. The van der Waals surface area contributed by atoms with Crippen LogP contribution in [0.3, 0.4) is 0 Å². The third-order valence-corrected chi connectivity index (χ3v) is 2.84. The lowest BCUT2D eigenvalue weighted by Gasteiger charge is -2.06. The summed E-state index contributed by atoms with van der Waals surface area (Å²) in [5, 5.41) is 8.60. The van der Waals surface area contributed by atoms with Crippen LogP contribution in [0.4, 0.5) is 0 Å². The predicted molar refractivity (Wildman–Crippen MR) is 101 cm³/mol. The molecule has 0 radical (unpaired) electrons. The normalized spacial score (nSPS) is 9.65. The van der Waals surface area contributed by atoms with Crippen molar-refractivity contribution in [2.45, 2.75) is 67.2 Å². The molecule has 5 nitrogen and oxygen atoms in total. The first kappa shape index (κ1) is 30.7. The van der Waals surface area contributed by atoms with Crippen LogP contribution in [-0.4, -0.2) is 57.9 Å².